The minimum Gasteiger partial charge on any atom is -0.449 e. The summed E-state index contributed by atoms with van der Waals surface area (Å²) >= 11 is 0. The molecule has 3 aromatic carbocycles. The van der Waals surface area contributed by atoms with Crippen LogP contribution in [0.5, 0.6) is 0 Å². The summed E-state index contributed by atoms with van der Waals surface area (Å²) in [6.07, 6.45) is 1.36. The van der Waals surface area contributed by atoms with Crippen LogP contribution in [0.4, 0.5) is 4.79 Å². The van der Waals surface area contributed by atoms with Gasteiger partial charge in [-0.05, 0) is 73.1 Å². The second-order valence-electron chi connectivity index (χ2n) is 11.0. The molecule has 8 heteroatoms. The Morgan fingerprint density at radius 1 is 0.897 bits per heavy atom. The summed E-state index contributed by atoms with van der Waals surface area (Å²) in [6, 6.07) is 23.4. The standard InChI is InChI=1S/C31H33BN2O5/c1-30(2)31(3,4)39-32(38-30)22(17-20-13-15-21(16-14-20)28(33)35)18-34-29(36)37-19-27-25-11-7-5-9-23(25)24-10-6-8-12-26(24)27/h5-17,27H,18-19H2,1-4H3,(H2,33,35)(H,34,36). The molecular weight excluding hydrogens is 491 g/mol. The van der Waals surface area contributed by atoms with Crippen LogP contribution in [-0.4, -0.2) is 43.5 Å². The molecule has 0 spiro atoms. The molecule has 3 N–H and O–H groups in total. The lowest BCUT2D eigenvalue weighted by atomic mass is 9.77. The number of benzene rings is 3. The van der Waals surface area contributed by atoms with E-state index in [9.17, 15) is 9.59 Å². The number of ether oxygens (including phenoxy) is 1. The highest BCUT2D eigenvalue weighted by atomic mass is 16.7. The second-order valence-corrected chi connectivity index (χ2v) is 11.0. The summed E-state index contributed by atoms with van der Waals surface area (Å²) in [4.78, 5) is 24.3. The van der Waals surface area contributed by atoms with Gasteiger partial charge in [-0.25, -0.2) is 4.79 Å². The third-order valence-corrected chi connectivity index (χ3v) is 7.88. The maximum atomic E-state index is 12.9. The zero-order chi connectivity index (χ0) is 27.8. The lowest BCUT2D eigenvalue weighted by Crippen LogP contribution is -2.41. The molecule has 2 aliphatic rings. The Hall–Kier alpha value is -3.88. The molecule has 1 heterocycles. The third-order valence-electron chi connectivity index (χ3n) is 7.88. The molecule has 1 fully saturated rings. The minimum absolute atomic E-state index is 0.0231. The monoisotopic (exact) mass is 524 g/mol. The van der Waals surface area contributed by atoms with E-state index in [1.165, 1.54) is 11.1 Å². The van der Waals surface area contributed by atoms with Gasteiger partial charge in [-0.15, -0.1) is 0 Å². The van der Waals surface area contributed by atoms with Crippen LogP contribution in [0.3, 0.4) is 0 Å². The Kier molecular flexibility index (Phi) is 7.10. The zero-order valence-electron chi connectivity index (χ0n) is 22.7. The molecular formula is C31H33BN2O5. The van der Waals surface area contributed by atoms with Crippen LogP contribution in [0.2, 0.25) is 0 Å². The summed E-state index contributed by atoms with van der Waals surface area (Å²) < 4.78 is 18.2. The number of amides is 2. The number of primary amides is 1. The summed E-state index contributed by atoms with van der Waals surface area (Å²) in [5.41, 5.74) is 10.9. The molecule has 0 unspecified atom stereocenters. The van der Waals surface area contributed by atoms with Gasteiger partial charge in [0, 0.05) is 18.0 Å². The largest absolute Gasteiger partial charge is 0.492 e. The summed E-state index contributed by atoms with van der Waals surface area (Å²) in [5.74, 6) is -0.515. The molecule has 1 aliphatic carbocycles. The first-order chi connectivity index (χ1) is 18.6. The summed E-state index contributed by atoms with van der Waals surface area (Å²) in [6.45, 7) is 8.29. The molecule has 1 saturated heterocycles. The van der Waals surface area contributed by atoms with Gasteiger partial charge in [-0.1, -0.05) is 66.7 Å². The van der Waals surface area contributed by atoms with Crippen LogP contribution in [-0.2, 0) is 14.0 Å². The number of rotatable bonds is 7. The molecule has 0 atom stereocenters. The number of hydrogen-bond acceptors (Lipinski definition) is 5. The number of alkyl carbamates (subject to hydrolysis) is 1. The third kappa shape index (κ3) is 5.35. The molecule has 200 valence electrons. The first kappa shape index (κ1) is 26.7. The van der Waals surface area contributed by atoms with Gasteiger partial charge in [0.05, 0.1) is 11.2 Å². The fraction of sp³-hybridized carbons (Fsp3) is 0.290. The van der Waals surface area contributed by atoms with Crippen LogP contribution < -0.4 is 11.1 Å². The lowest BCUT2D eigenvalue weighted by molar-refractivity contribution is 0.00578. The molecule has 7 nitrogen and oxygen atoms in total. The van der Waals surface area contributed by atoms with Crippen molar-refractivity contribution >= 4 is 25.2 Å². The van der Waals surface area contributed by atoms with Gasteiger partial charge >= 0.3 is 13.2 Å². The predicted octanol–water partition coefficient (Wildman–Crippen LogP) is 5.34. The Balaban J connectivity index is 1.30. The molecule has 3 aromatic rings. The van der Waals surface area contributed by atoms with Crippen molar-refractivity contribution < 1.29 is 23.6 Å². The van der Waals surface area contributed by atoms with E-state index in [1.807, 2.05) is 58.0 Å². The van der Waals surface area contributed by atoms with Gasteiger partial charge in [0.15, 0.2) is 0 Å². The molecule has 0 saturated carbocycles. The highest BCUT2D eigenvalue weighted by Gasteiger charge is 2.52. The van der Waals surface area contributed by atoms with Crippen LogP contribution in [0.15, 0.2) is 78.3 Å². The first-order valence-electron chi connectivity index (χ1n) is 13.1. The molecule has 1 aliphatic heterocycles. The minimum atomic E-state index is -0.667. The Labute approximate surface area is 229 Å². The number of fused-ring (bicyclic) bond motifs is 3. The van der Waals surface area contributed by atoms with Gasteiger partial charge in [0.2, 0.25) is 5.91 Å². The predicted molar refractivity (Wildman–Crippen MR) is 152 cm³/mol. The maximum Gasteiger partial charge on any atom is 0.492 e. The number of carbonyl (C=O) groups excluding carboxylic acids is 2. The van der Waals surface area contributed by atoms with Crippen molar-refractivity contribution in [3.05, 3.63) is 101 Å². The quantitative estimate of drug-likeness (QED) is 0.407. The van der Waals surface area contributed by atoms with E-state index in [-0.39, 0.29) is 19.1 Å². The molecule has 39 heavy (non-hydrogen) atoms. The van der Waals surface area contributed by atoms with Gasteiger partial charge in [-0.3, -0.25) is 4.79 Å². The van der Waals surface area contributed by atoms with E-state index in [1.54, 1.807) is 24.3 Å². The van der Waals surface area contributed by atoms with Gasteiger partial charge in [-0.2, -0.15) is 0 Å². The summed E-state index contributed by atoms with van der Waals surface area (Å²) in [7, 11) is -0.667. The van der Waals surface area contributed by atoms with Crippen molar-refractivity contribution in [2.45, 2.75) is 44.8 Å². The van der Waals surface area contributed by atoms with Crippen molar-refractivity contribution in [2.24, 2.45) is 5.73 Å². The molecule has 0 aromatic heterocycles. The fourth-order valence-corrected chi connectivity index (χ4v) is 4.98. The van der Waals surface area contributed by atoms with E-state index in [2.05, 4.69) is 29.6 Å². The fourth-order valence-electron chi connectivity index (χ4n) is 4.98. The van der Waals surface area contributed by atoms with Crippen LogP contribution in [0, 0.1) is 0 Å². The van der Waals surface area contributed by atoms with Gasteiger partial charge in [0.1, 0.15) is 6.61 Å². The first-order valence-corrected chi connectivity index (χ1v) is 13.1. The number of carbonyl (C=O) groups is 2. The van der Waals surface area contributed by atoms with E-state index in [0.717, 1.165) is 16.7 Å². The Morgan fingerprint density at radius 3 is 1.97 bits per heavy atom. The van der Waals surface area contributed by atoms with E-state index >= 15 is 0 Å². The number of nitrogens with one attached hydrogen (secondary N) is 1. The molecule has 5 rings (SSSR count). The van der Waals surface area contributed by atoms with E-state index in [0.29, 0.717) is 11.0 Å². The van der Waals surface area contributed by atoms with E-state index < -0.39 is 30.3 Å². The van der Waals surface area contributed by atoms with E-state index in [4.69, 9.17) is 19.8 Å². The van der Waals surface area contributed by atoms with Crippen molar-refractivity contribution in [3.8, 4) is 11.1 Å². The Bertz CT molecular complexity index is 1370. The number of nitrogens with two attached hydrogens (primary N) is 1. The second kappa shape index (κ2) is 10.4. The molecule has 2 amide bonds. The SMILES string of the molecule is CC1(C)OB(C(=Cc2ccc(C(N)=O)cc2)CNC(=O)OCC2c3ccccc3-c3ccccc32)OC1(C)C. The molecule has 0 radical (unpaired) electrons. The van der Waals surface area contributed by atoms with Crippen LogP contribution in [0.25, 0.3) is 17.2 Å². The lowest BCUT2D eigenvalue weighted by Gasteiger charge is -2.32. The van der Waals surface area contributed by atoms with Crippen molar-refractivity contribution in [2.75, 3.05) is 13.2 Å². The van der Waals surface area contributed by atoms with Crippen LogP contribution >= 0.6 is 0 Å². The van der Waals surface area contributed by atoms with Gasteiger partial charge in [0.25, 0.3) is 0 Å². The summed E-state index contributed by atoms with van der Waals surface area (Å²) in [5, 5.41) is 2.87. The van der Waals surface area contributed by atoms with Gasteiger partial charge < -0.3 is 25.1 Å². The zero-order valence-corrected chi connectivity index (χ0v) is 22.7. The normalized spacial score (nSPS) is 17.4. The number of hydrogen-bond donors (Lipinski definition) is 2. The highest BCUT2D eigenvalue weighted by molar-refractivity contribution is 6.56. The maximum absolute atomic E-state index is 12.9. The highest BCUT2D eigenvalue weighted by Crippen LogP contribution is 2.44. The topological polar surface area (TPSA) is 99.9 Å². The van der Waals surface area contributed by atoms with Crippen molar-refractivity contribution in [3.63, 3.8) is 0 Å². The van der Waals surface area contributed by atoms with Crippen LogP contribution in [0.1, 0.15) is 60.7 Å². The molecule has 0 bridgehead atoms. The van der Waals surface area contributed by atoms with Crippen molar-refractivity contribution in [1.29, 1.82) is 0 Å². The smallest absolute Gasteiger partial charge is 0.449 e. The average Bonchev–Trinajstić information content (AvgIpc) is 3.34. The Morgan fingerprint density at radius 2 is 1.44 bits per heavy atom. The van der Waals surface area contributed by atoms with Crippen molar-refractivity contribution in [1.82, 2.24) is 5.32 Å². The average molecular weight is 524 g/mol.